The summed E-state index contributed by atoms with van der Waals surface area (Å²) in [6, 6.07) is 9.88. The Kier molecular flexibility index (Phi) is 3.85. The summed E-state index contributed by atoms with van der Waals surface area (Å²) >= 11 is -1.96. The predicted octanol–water partition coefficient (Wildman–Crippen LogP) is 3.31. The van der Waals surface area contributed by atoms with Gasteiger partial charge in [-0.15, -0.1) is 0 Å². The van der Waals surface area contributed by atoms with Crippen LogP contribution in [0.1, 0.15) is 22.3 Å². The summed E-state index contributed by atoms with van der Waals surface area (Å²) < 4.78 is 28.6. The molecule has 0 saturated heterocycles. The number of aryl methyl sites for hydroxylation is 3. The SMILES string of the molecule is Cc1cccc2c1OC[N+](c1cc(C)c(S(=O)O)c(C)c1)=C2. The Morgan fingerprint density at radius 3 is 2.45 bits per heavy atom. The Bertz CT molecular complexity index is 789. The Morgan fingerprint density at radius 1 is 1.14 bits per heavy atom. The maximum atomic E-state index is 11.4. The molecule has 114 valence electrons. The summed E-state index contributed by atoms with van der Waals surface area (Å²) in [5.74, 6) is 0.917. The Morgan fingerprint density at radius 2 is 1.82 bits per heavy atom. The monoisotopic (exact) mass is 316 g/mol. The third kappa shape index (κ3) is 2.58. The maximum Gasteiger partial charge on any atom is 0.292 e. The number of hydrogen-bond acceptors (Lipinski definition) is 2. The maximum absolute atomic E-state index is 11.4. The van der Waals surface area contributed by atoms with Gasteiger partial charge in [0.05, 0.1) is 10.5 Å². The van der Waals surface area contributed by atoms with Gasteiger partial charge in [-0.1, -0.05) is 12.1 Å². The van der Waals surface area contributed by atoms with Crippen LogP contribution in [0.3, 0.4) is 0 Å². The smallest absolute Gasteiger partial charge is 0.292 e. The summed E-state index contributed by atoms with van der Waals surface area (Å²) in [4.78, 5) is 0.484. The van der Waals surface area contributed by atoms with Crippen LogP contribution in [0.4, 0.5) is 5.69 Å². The summed E-state index contributed by atoms with van der Waals surface area (Å²) in [6.45, 7) is 6.16. The second kappa shape index (κ2) is 5.66. The highest BCUT2D eigenvalue weighted by Crippen LogP contribution is 2.29. The Balaban J connectivity index is 2.08. The predicted molar refractivity (Wildman–Crippen MR) is 86.7 cm³/mol. The molecule has 2 aromatic carbocycles. The van der Waals surface area contributed by atoms with Crippen molar-refractivity contribution < 1.29 is 18.1 Å². The van der Waals surface area contributed by atoms with Crippen molar-refractivity contribution in [2.24, 2.45) is 0 Å². The lowest BCUT2D eigenvalue weighted by molar-refractivity contribution is -0.476. The second-order valence-corrected chi connectivity index (χ2v) is 6.43. The van der Waals surface area contributed by atoms with E-state index in [0.717, 1.165) is 33.7 Å². The minimum absolute atomic E-state index is 0.429. The molecule has 0 fully saturated rings. The Hall–Kier alpha value is -1.98. The van der Waals surface area contributed by atoms with E-state index >= 15 is 0 Å². The first-order valence-corrected chi connectivity index (χ1v) is 8.14. The highest BCUT2D eigenvalue weighted by atomic mass is 32.2. The molecule has 4 nitrogen and oxygen atoms in total. The molecule has 1 aliphatic heterocycles. The standard InChI is InChI=1S/C17H17NO3S/c1-11-5-4-6-14-9-18(10-21-16(11)14)15-7-12(2)17(22(19)20)13(3)8-15/h4-9H,10H2,1-3H3/p+1. The number of ether oxygens (including phenoxy) is 1. The molecule has 0 aliphatic carbocycles. The molecule has 0 amide bonds. The first kappa shape index (κ1) is 14.9. The van der Waals surface area contributed by atoms with Gasteiger partial charge in [-0.2, -0.15) is 4.58 Å². The van der Waals surface area contributed by atoms with Crippen molar-refractivity contribution in [2.45, 2.75) is 25.7 Å². The van der Waals surface area contributed by atoms with E-state index in [1.807, 2.05) is 55.7 Å². The highest BCUT2D eigenvalue weighted by Gasteiger charge is 2.22. The normalized spacial score (nSPS) is 14.8. The zero-order valence-electron chi connectivity index (χ0n) is 12.8. The topological polar surface area (TPSA) is 49.5 Å². The summed E-state index contributed by atoms with van der Waals surface area (Å²) in [5, 5.41) is 0. The zero-order chi connectivity index (χ0) is 15.9. The Labute approximate surface area is 132 Å². The van der Waals surface area contributed by atoms with Gasteiger partial charge < -0.3 is 9.29 Å². The highest BCUT2D eigenvalue weighted by molar-refractivity contribution is 7.79. The third-order valence-electron chi connectivity index (χ3n) is 3.84. The lowest BCUT2D eigenvalue weighted by atomic mass is 10.1. The zero-order valence-corrected chi connectivity index (χ0v) is 13.6. The van der Waals surface area contributed by atoms with Crippen molar-refractivity contribution in [1.29, 1.82) is 0 Å². The average Bonchev–Trinajstić information content (AvgIpc) is 2.46. The van der Waals surface area contributed by atoms with Gasteiger partial charge in [-0.05, 0) is 43.5 Å². The summed E-state index contributed by atoms with van der Waals surface area (Å²) in [7, 11) is 0. The molecule has 1 atom stereocenters. The number of nitrogens with zero attached hydrogens (tertiary/aromatic N) is 1. The third-order valence-corrected chi connectivity index (χ3v) is 4.83. The lowest BCUT2D eigenvalue weighted by Crippen LogP contribution is -2.21. The average molecular weight is 316 g/mol. The van der Waals surface area contributed by atoms with Gasteiger partial charge in [0, 0.05) is 12.1 Å². The van der Waals surface area contributed by atoms with E-state index < -0.39 is 11.1 Å². The first-order valence-electron chi connectivity index (χ1n) is 7.03. The number of hydrogen-bond donors (Lipinski definition) is 1. The van der Waals surface area contributed by atoms with Gasteiger partial charge in [0.2, 0.25) is 5.69 Å². The molecule has 5 heteroatoms. The fourth-order valence-electron chi connectivity index (χ4n) is 2.83. The van der Waals surface area contributed by atoms with Crippen molar-refractivity contribution in [2.75, 3.05) is 6.73 Å². The fourth-order valence-corrected chi connectivity index (χ4v) is 3.50. The van der Waals surface area contributed by atoms with Crippen LogP contribution in [0.5, 0.6) is 5.75 Å². The molecule has 1 heterocycles. The molecule has 2 aromatic rings. The van der Waals surface area contributed by atoms with E-state index in [-0.39, 0.29) is 0 Å². The molecular formula is C17H18NO3S+. The minimum Gasteiger partial charge on any atom is -0.435 e. The molecule has 3 rings (SSSR count). The molecule has 1 unspecified atom stereocenters. The van der Waals surface area contributed by atoms with Gasteiger partial charge in [-0.25, -0.2) is 4.21 Å². The van der Waals surface area contributed by atoms with E-state index in [4.69, 9.17) is 4.74 Å². The van der Waals surface area contributed by atoms with Crippen molar-refractivity contribution in [1.82, 2.24) is 0 Å². The van der Waals surface area contributed by atoms with Crippen LogP contribution in [0.2, 0.25) is 0 Å². The molecule has 22 heavy (non-hydrogen) atoms. The molecule has 0 bridgehead atoms. The van der Waals surface area contributed by atoms with Crippen LogP contribution in [0.15, 0.2) is 35.2 Å². The van der Waals surface area contributed by atoms with Gasteiger partial charge >= 0.3 is 0 Å². The van der Waals surface area contributed by atoms with Crippen LogP contribution in [-0.2, 0) is 11.1 Å². The first-order chi connectivity index (χ1) is 10.5. The minimum atomic E-state index is -1.96. The fraction of sp³-hybridized carbons (Fsp3) is 0.235. The van der Waals surface area contributed by atoms with Gasteiger partial charge in [-0.3, -0.25) is 0 Å². The van der Waals surface area contributed by atoms with Crippen LogP contribution in [0, 0.1) is 20.8 Å². The van der Waals surface area contributed by atoms with Gasteiger partial charge in [0.1, 0.15) is 5.75 Å². The molecule has 0 saturated carbocycles. The second-order valence-electron chi connectivity index (χ2n) is 5.52. The molecule has 0 aromatic heterocycles. The molecule has 0 spiro atoms. The van der Waals surface area contributed by atoms with Crippen molar-refractivity contribution in [3.05, 3.63) is 52.6 Å². The summed E-state index contributed by atoms with van der Waals surface area (Å²) in [6.07, 6.45) is 2.05. The van der Waals surface area contributed by atoms with Crippen LogP contribution >= 0.6 is 0 Å². The van der Waals surface area contributed by atoms with Crippen molar-refractivity contribution in [3.63, 3.8) is 0 Å². The quantitative estimate of drug-likeness (QED) is 0.683. The molecule has 0 radical (unpaired) electrons. The lowest BCUT2D eigenvalue weighted by Gasteiger charge is -2.16. The molecule has 1 N–H and O–H groups in total. The molecule has 1 aliphatic rings. The van der Waals surface area contributed by atoms with E-state index in [0.29, 0.717) is 11.6 Å². The van der Waals surface area contributed by atoms with Crippen LogP contribution in [-0.4, -0.2) is 26.3 Å². The van der Waals surface area contributed by atoms with Gasteiger partial charge in [0.15, 0.2) is 17.3 Å². The van der Waals surface area contributed by atoms with Crippen molar-refractivity contribution in [3.8, 4) is 5.75 Å². The number of rotatable bonds is 2. The van der Waals surface area contributed by atoms with E-state index in [1.54, 1.807) is 0 Å². The van der Waals surface area contributed by atoms with Crippen molar-refractivity contribution >= 4 is 23.0 Å². The number of para-hydroxylation sites is 1. The molecular weight excluding hydrogens is 298 g/mol. The van der Waals surface area contributed by atoms with E-state index in [2.05, 4.69) is 6.21 Å². The number of benzene rings is 2. The number of fused-ring (bicyclic) bond motifs is 1. The summed E-state index contributed by atoms with van der Waals surface area (Å²) in [5.41, 5.74) is 4.72. The van der Waals surface area contributed by atoms with Gasteiger partial charge in [0.25, 0.3) is 6.73 Å². The largest absolute Gasteiger partial charge is 0.435 e. The van der Waals surface area contributed by atoms with Crippen LogP contribution in [0.25, 0.3) is 0 Å². The van der Waals surface area contributed by atoms with E-state index in [1.165, 1.54) is 0 Å². The van der Waals surface area contributed by atoms with Crippen LogP contribution < -0.4 is 4.74 Å². The van der Waals surface area contributed by atoms with E-state index in [9.17, 15) is 8.76 Å².